The van der Waals surface area contributed by atoms with Gasteiger partial charge in [0.25, 0.3) is 11.8 Å². The Morgan fingerprint density at radius 1 is 0.487 bits per heavy atom. The molecule has 0 aliphatic carbocycles. The van der Waals surface area contributed by atoms with Crippen LogP contribution in [0, 0.1) is 0 Å². The maximum Gasteiger partial charge on any atom is 0.263 e. The molecule has 0 spiro atoms. The molecule has 0 atom stereocenters. The summed E-state index contributed by atoms with van der Waals surface area (Å²) in [6.45, 7) is 0. The molecule has 4 rings (SSSR count). The second-order valence-corrected chi connectivity index (χ2v) is 8.13. The summed E-state index contributed by atoms with van der Waals surface area (Å²) in [6, 6.07) is 24.1. The molecule has 39 heavy (non-hydrogen) atoms. The third kappa shape index (κ3) is 6.22. The number of hydrogen-bond donors (Lipinski definition) is 2. The molecule has 0 aromatic heterocycles. The molecule has 0 fully saturated rings. The third-order valence-corrected chi connectivity index (χ3v) is 5.77. The number of amides is 2. The van der Waals surface area contributed by atoms with Gasteiger partial charge in [-0.25, -0.2) is 0 Å². The number of carbonyl (C=O) groups is 2. The molecule has 0 saturated heterocycles. The van der Waals surface area contributed by atoms with Crippen LogP contribution in [0.25, 0.3) is 0 Å². The lowest BCUT2D eigenvalue weighted by Crippen LogP contribution is -2.14. The van der Waals surface area contributed by atoms with E-state index in [0.717, 1.165) is 0 Å². The molecule has 0 heterocycles. The second-order valence-electron chi connectivity index (χ2n) is 8.13. The lowest BCUT2D eigenvalue weighted by Gasteiger charge is -2.14. The number of hydrogen-bond acceptors (Lipinski definition) is 7. The first-order valence-corrected chi connectivity index (χ1v) is 11.9. The van der Waals surface area contributed by atoms with Gasteiger partial charge in [0.15, 0.2) is 0 Å². The average molecular weight is 529 g/mol. The molecule has 0 saturated carbocycles. The van der Waals surface area contributed by atoms with Gasteiger partial charge >= 0.3 is 0 Å². The highest BCUT2D eigenvalue weighted by molar-refractivity contribution is 6.09. The van der Waals surface area contributed by atoms with E-state index in [0.29, 0.717) is 57.0 Å². The van der Waals surface area contributed by atoms with Crippen molar-refractivity contribution in [1.29, 1.82) is 0 Å². The molecule has 200 valence electrons. The number of benzene rings is 4. The Morgan fingerprint density at radius 2 is 0.795 bits per heavy atom. The Bertz CT molecular complexity index is 1300. The zero-order chi connectivity index (χ0) is 27.8. The lowest BCUT2D eigenvalue weighted by atomic mass is 10.1. The van der Waals surface area contributed by atoms with Gasteiger partial charge in [-0.05, 0) is 72.8 Å². The zero-order valence-electron chi connectivity index (χ0n) is 21.9. The van der Waals surface area contributed by atoms with Crippen LogP contribution in [0.1, 0.15) is 20.7 Å². The van der Waals surface area contributed by atoms with Crippen LogP contribution in [0.3, 0.4) is 0 Å². The van der Waals surface area contributed by atoms with E-state index in [4.69, 9.17) is 23.7 Å². The maximum atomic E-state index is 12.9. The van der Waals surface area contributed by atoms with Crippen molar-refractivity contribution in [3.05, 3.63) is 96.1 Å². The summed E-state index contributed by atoms with van der Waals surface area (Å²) in [5.41, 5.74) is 1.76. The summed E-state index contributed by atoms with van der Waals surface area (Å²) in [7, 11) is 5.98. The van der Waals surface area contributed by atoms with Crippen molar-refractivity contribution >= 4 is 23.2 Å². The van der Waals surface area contributed by atoms with Crippen LogP contribution >= 0.6 is 0 Å². The van der Waals surface area contributed by atoms with Crippen LogP contribution in [0.4, 0.5) is 11.4 Å². The van der Waals surface area contributed by atoms with Crippen molar-refractivity contribution in [3.8, 4) is 34.5 Å². The normalized spacial score (nSPS) is 10.3. The first-order valence-electron chi connectivity index (χ1n) is 11.9. The second kappa shape index (κ2) is 12.4. The molecule has 0 bridgehead atoms. The Morgan fingerprint density at radius 3 is 1.08 bits per heavy atom. The van der Waals surface area contributed by atoms with E-state index in [9.17, 15) is 9.59 Å². The van der Waals surface area contributed by atoms with Crippen LogP contribution < -0.4 is 34.3 Å². The number of ether oxygens (including phenoxy) is 5. The molecule has 2 N–H and O–H groups in total. The van der Waals surface area contributed by atoms with Crippen LogP contribution in [0.5, 0.6) is 34.5 Å². The van der Waals surface area contributed by atoms with Gasteiger partial charge in [0.1, 0.15) is 45.6 Å². The predicted octanol–water partition coefficient (Wildman–Crippen LogP) is 6.02. The minimum absolute atomic E-state index is 0.305. The van der Waals surface area contributed by atoms with E-state index in [-0.39, 0.29) is 11.8 Å². The summed E-state index contributed by atoms with van der Waals surface area (Å²) < 4.78 is 27.1. The van der Waals surface area contributed by atoms with Crippen LogP contribution in [0.15, 0.2) is 84.9 Å². The molecule has 2 amide bonds. The molecule has 9 nitrogen and oxygen atoms in total. The van der Waals surface area contributed by atoms with E-state index >= 15 is 0 Å². The zero-order valence-corrected chi connectivity index (χ0v) is 21.9. The van der Waals surface area contributed by atoms with E-state index < -0.39 is 0 Å². The fourth-order valence-corrected chi connectivity index (χ4v) is 3.89. The Kier molecular flexibility index (Phi) is 8.53. The van der Waals surface area contributed by atoms with Gasteiger partial charge in [-0.1, -0.05) is 12.1 Å². The number of carbonyl (C=O) groups excluding carboxylic acids is 2. The van der Waals surface area contributed by atoms with Gasteiger partial charge in [0, 0.05) is 11.4 Å². The van der Waals surface area contributed by atoms with Crippen LogP contribution in [-0.2, 0) is 0 Å². The first kappa shape index (κ1) is 26.9. The highest BCUT2D eigenvalue weighted by atomic mass is 16.5. The Balaban J connectivity index is 1.39. The van der Waals surface area contributed by atoms with E-state index in [1.807, 2.05) is 0 Å². The van der Waals surface area contributed by atoms with Crippen LogP contribution in [0.2, 0.25) is 0 Å². The highest BCUT2D eigenvalue weighted by Crippen LogP contribution is 2.31. The van der Waals surface area contributed by atoms with Gasteiger partial charge in [0.05, 0.1) is 28.4 Å². The molecule has 0 radical (unpaired) electrons. The van der Waals surface area contributed by atoms with Crippen molar-refractivity contribution in [1.82, 2.24) is 0 Å². The summed E-state index contributed by atoms with van der Waals surface area (Å²) in [5, 5.41) is 5.68. The SMILES string of the molecule is COc1cccc(OC)c1C(=O)Nc1ccc(Oc2ccc(NC(=O)c3c(OC)cccc3OC)cc2)cc1. The van der Waals surface area contributed by atoms with Gasteiger partial charge in [-0.2, -0.15) is 0 Å². The van der Waals surface area contributed by atoms with Crippen molar-refractivity contribution in [2.75, 3.05) is 39.1 Å². The predicted molar refractivity (Wildman–Crippen MR) is 148 cm³/mol. The quantitative estimate of drug-likeness (QED) is 0.259. The molecular weight excluding hydrogens is 500 g/mol. The van der Waals surface area contributed by atoms with E-state index in [1.54, 1.807) is 84.9 Å². The molecule has 4 aromatic carbocycles. The fourth-order valence-electron chi connectivity index (χ4n) is 3.89. The lowest BCUT2D eigenvalue weighted by molar-refractivity contribution is 0.101. The standard InChI is InChI=1S/C30H28N2O7/c1-35-23-7-5-8-24(36-2)27(23)29(33)31-19-11-15-21(16-12-19)39-22-17-13-20(14-18-22)32-30(34)28-25(37-3)9-6-10-26(28)38-4/h5-18H,1-4H3,(H,31,33)(H,32,34). The number of anilines is 2. The monoisotopic (exact) mass is 528 g/mol. The van der Waals surface area contributed by atoms with Gasteiger partial charge in [0.2, 0.25) is 0 Å². The van der Waals surface area contributed by atoms with Crippen molar-refractivity contribution in [2.24, 2.45) is 0 Å². The highest BCUT2D eigenvalue weighted by Gasteiger charge is 2.19. The molecular formula is C30H28N2O7. The van der Waals surface area contributed by atoms with E-state index in [2.05, 4.69) is 10.6 Å². The first-order chi connectivity index (χ1) is 19.0. The third-order valence-electron chi connectivity index (χ3n) is 5.77. The topological polar surface area (TPSA) is 104 Å². The summed E-state index contributed by atoms with van der Waals surface area (Å²) >= 11 is 0. The summed E-state index contributed by atoms with van der Waals surface area (Å²) in [4.78, 5) is 25.7. The van der Waals surface area contributed by atoms with Gasteiger partial charge < -0.3 is 34.3 Å². The minimum atomic E-state index is -0.360. The smallest absolute Gasteiger partial charge is 0.263 e. The number of rotatable bonds is 10. The Hall–Kier alpha value is -5.18. The minimum Gasteiger partial charge on any atom is -0.496 e. The molecule has 9 heteroatoms. The van der Waals surface area contributed by atoms with Crippen molar-refractivity contribution in [3.63, 3.8) is 0 Å². The molecule has 4 aromatic rings. The van der Waals surface area contributed by atoms with Crippen LogP contribution in [-0.4, -0.2) is 40.3 Å². The van der Waals surface area contributed by atoms with Crippen molar-refractivity contribution in [2.45, 2.75) is 0 Å². The van der Waals surface area contributed by atoms with Crippen molar-refractivity contribution < 1.29 is 33.3 Å². The maximum absolute atomic E-state index is 12.9. The molecule has 0 unspecified atom stereocenters. The number of nitrogens with one attached hydrogen (secondary N) is 2. The fraction of sp³-hybridized carbons (Fsp3) is 0.133. The number of methoxy groups -OCH3 is 4. The Labute approximate surface area is 226 Å². The van der Waals surface area contributed by atoms with E-state index in [1.165, 1.54) is 28.4 Å². The summed E-state index contributed by atoms with van der Waals surface area (Å²) in [5.74, 6) is 2.06. The van der Waals surface area contributed by atoms with Gasteiger partial charge in [-0.3, -0.25) is 9.59 Å². The molecule has 0 aliphatic heterocycles. The average Bonchev–Trinajstić information content (AvgIpc) is 2.97. The largest absolute Gasteiger partial charge is 0.496 e. The summed E-state index contributed by atoms with van der Waals surface area (Å²) in [6.07, 6.45) is 0. The van der Waals surface area contributed by atoms with Gasteiger partial charge in [-0.15, -0.1) is 0 Å². The molecule has 0 aliphatic rings.